The highest BCUT2D eigenvalue weighted by atomic mass is 35.5. The van der Waals surface area contributed by atoms with Gasteiger partial charge in [-0.05, 0) is 34.5 Å². The normalized spacial score (nSPS) is 10.8. The topological polar surface area (TPSA) is 9.23 Å². The minimum atomic E-state index is -0.0719. The summed E-state index contributed by atoms with van der Waals surface area (Å²) >= 11 is 6.08. The van der Waals surface area contributed by atoms with Gasteiger partial charge in [-0.2, -0.15) is 0 Å². The van der Waals surface area contributed by atoms with Crippen LogP contribution in [0.25, 0.3) is 0 Å². The summed E-state index contributed by atoms with van der Waals surface area (Å²) < 4.78 is 5.71. The lowest BCUT2D eigenvalue weighted by atomic mass is 9.53. The van der Waals surface area contributed by atoms with E-state index in [2.05, 4.69) is 44.2 Å². The second-order valence-corrected chi connectivity index (χ2v) is 5.39. The lowest BCUT2D eigenvalue weighted by Gasteiger charge is -2.18. The van der Waals surface area contributed by atoms with E-state index in [1.165, 1.54) is 11.0 Å². The molecular formula is C16H18BClO. The molecule has 0 saturated carbocycles. The van der Waals surface area contributed by atoms with E-state index in [1.807, 2.05) is 18.2 Å². The standard InChI is InChI=1S/C16H18BClO/c1-12(2)15-9-4-5-10-16(15)17(19-3)13-7-6-8-14(18)11-13/h4-12H,1-3H3. The largest absolute Gasteiger partial charge is 0.430 e. The van der Waals surface area contributed by atoms with Gasteiger partial charge in [-0.1, -0.05) is 61.8 Å². The lowest BCUT2D eigenvalue weighted by molar-refractivity contribution is 0.439. The van der Waals surface area contributed by atoms with E-state index in [0.717, 1.165) is 10.5 Å². The van der Waals surface area contributed by atoms with Crippen molar-refractivity contribution in [1.82, 2.24) is 0 Å². The molecule has 2 aromatic rings. The van der Waals surface area contributed by atoms with Crippen molar-refractivity contribution in [2.45, 2.75) is 19.8 Å². The van der Waals surface area contributed by atoms with Gasteiger partial charge in [0.1, 0.15) is 0 Å². The molecule has 3 heteroatoms. The maximum atomic E-state index is 6.08. The first-order valence-electron chi connectivity index (χ1n) is 6.50. The summed E-state index contributed by atoms with van der Waals surface area (Å²) in [5.41, 5.74) is 3.61. The van der Waals surface area contributed by atoms with E-state index >= 15 is 0 Å². The van der Waals surface area contributed by atoms with E-state index in [9.17, 15) is 0 Å². The first-order chi connectivity index (χ1) is 9.13. The number of benzene rings is 2. The molecule has 0 heterocycles. The van der Waals surface area contributed by atoms with Crippen molar-refractivity contribution in [1.29, 1.82) is 0 Å². The molecule has 0 amide bonds. The summed E-state index contributed by atoms with van der Waals surface area (Å²) in [7, 11) is 1.74. The van der Waals surface area contributed by atoms with Crippen molar-refractivity contribution >= 4 is 29.4 Å². The van der Waals surface area contributed by atoms with Crippen molar-refractivity contribution in [3.63, 3.8) is 0 Å². The summed E-state index contributed by atoms with van der Waals surface area (Å²) in [4.78, 5) is 0. The summed E-state index contributed by atoms with van der Waals surface area (Å²) in [5.74, 6) is 0.466. The maximum absolute atomic E-state index is 6.08. The van der Waals surface area contributed by atoms with Crippen LogP contribution in [0, 0.1) is 0 Å². The molecule has 0 aliphatic heterocycles. The van der Waals surface area contributed by atoms with Crippen LogP contribution in [0.5, 0.6) is 0 Å². The molecule has 0 spiro atoms. The SMILES string of the molecule is COB(c1cccc(Cl)c1)c1ccccc1C(C)C. The van der Waals surface area contributed by atoms with Crippen molar-refractivity contribution in [2.75, 3.05) is 7.11 Å². The van der Waals surface area contributed by atoms with Crippen LogP contribution in [0.3, 0.4) is 0 Å². The molecule has 0 fully saturated rings. The van der Waals surface area contributed by atoms with Crippen LogP contribution in [0.2, 0.25) is 5.02 Å². The average molecular weight is 273 g/mol. The molecule has 0 aromatic heterocycles. The van der Waals surface area contributed by atoms with Gasteiger partial charge in [0.2, 0.25) is 0 Å². The van der Waals surface area contributed by atoms with Crippen LogP contribution < -0.4 is 10.9 Å². The predicted octanol–water partition coefficient (Wildman–Crippen LogP) is 3.22. The zero-order valence-electron chi connectivity index (χ0n) is 11.6. The molecule has 1 nitrogen and oxygen atoms in total. The van der Waals surface area contributed by atoms with Gasteiger partial charge in [0.15, 0.2) is 0 Å². The summed E-state index contributed by atoms with van der Waals surface area (Å²) in [5, 5.41) is 0.738. The quantitative estimate of drug-likeness (QED) is 0.777. The third kappa shape index (κ3) is 3.20. The Labute approximate surface area is 120 Å². The zero-order chi connectivity index (χ0) is 13.8. The van der Waals surface area contributed by atoms with Gasteiger partial charge < -0.3 is 4.65 Å². The van der Waals surface area contributed by atoms with Crippen LogP contribution in [0.1, 0.15) is 25.3 Å². The van der Waals surface area contributed by atoms with E-state index in [0.29, 0.717) is 5.92 Å². The summed E-state index contributed by atoms with van der Waals surface area (Å²) in [6.07, 6.45) is 0. The van der Waals surface area contributed by atoms with Crippen LogP contribution in [0.15, 0.2) is 48.5 Å². The highest BCUT2D eigenvalue weighted by Gasteiger charge is 2.23. The molecule has 0 N–H and O–H groups in total. The Morgan fingerprint density at radius 1 is 1.05 bits per heavy atom. The smallest absolute Gasteiger partial charge is 0.361 e. The van der Waals surface area contributed by atoms with Crippen molar-refractivity contribution in [3.8, 4) is 0 Å². The summed E-state index contributed by atoms with van der Waals surface area (Å²) in [6, 6.07) is 16.3. The second-order valence-electron chi connectivity index (χ2n) is 4.95. The fourth-order valence-electron chi connectivity index (χ4n) is 2.39. The fourth-order valence-corrected chi connectivity index (χ4v) is 2.59. The highest BCUT2D eigenvalue weighted by molar-refractivity contribution is 6.80. The van der Waals surface area contributed by atoms with E-state index < -0.39 is 0 Å². The van der Waals surface area contributed by atoms with Crippen molar-refractivity contribution in [2.24, 2.45) is 0 Å². The molecule has 2 rings (SSSR count). The molecule has 0 saturated heterocycles. The molecule has 98 valence electrons. The highest BCUT2D eigenvalue weighted by Crippen LogP contribution is 2.13. The monoisotopic (exact) mass is 272 g/mol. The number of hydrogen-bond donors (Lipinski definition) is 0. The minimum absolute atomic E-state index is 0.0719. The van der Waals surface area contributed by atoms with Gasteiger partial charge in [-0.15, -0.1) is 0 Å². The Bertz CT molecular complexity index is 554. The van der Waals surface area contributed by atoms with Gasteiger partial charge in [-0.3, -0.25) is 0 Å². The van der Waals surface area contributed by atoms with Crippen LogP contribution in [-0.2, 0) is 4.65 Å². The Morgan fingerprint density at radius 2 is 1.79 bits per heavy atom. The molecule has 0 unspecified atom stereocenters. The van der Waals surface area contributed by atoms with Crippen molar-refractivity contribution in [3.05, 3.63) is 59.1 Å². The van der Waals surface area contributed by atoms with Gasteiger partial charge >= 0.3 is 6.92 Å². The first-order valence-corrected chi connectivity index (χ1v) is 6.88. The Kier molecular flexibility index (Phi) is 4.68. The van der Waals surface area contributed by atoms with Crippen LogP contribution >= 0.6 is 11.6 Å². The minimum Gasteiger partial charge on any atom is -0.430 e. The van der Waals surface area contributed by atoms with Gasteiger partial charge in [0.25, 0.3) is 0 Å². The van der Waals surface area contributed by atoms with Crippen molar-refractivity contribution < 1.29 is 4.65 Å². The molecule has 0 radical (unpaired) electrons. The molecule has 2 aromatic carbocycles. The number of hydrogen-bond acceptors (Lipinski definition) is 1. The maximum Gasteiger partial charge on any atom is 0.361 e. The molecule has 19 heavy (non-hydrogen) atoms. The van der Waals surface area contributed by atoms with Crippen LogP contribution in [0.4, 0.5) is 0 Å². The third-order valence-electron chi connectivity index (χ3n) is 3.29. The predicted molar refractivity (Wildman–Crippen MR) is 84.0 cm³/mol. The molecule has 0 aliphatic rings. The molecule has 0 atom stereocenters. The van der Waals surface area contributed by atoms with Gasteiger partial charge in [0.05, 0.1) is 0 Å². The van der Waals surface area contributed by atoms with Gasteiger partial charge in [0, 0.05) is 12.1 Å². The molecular weight excluding hydrogens is 254 g/mol. The average Bonchev–Trinajstić information content (AvgIpc) is 2.40. The van der Waals surface area contributed by atoms with Crippen LogP contribution in [-0.4, -0.2) is 14.0 Å². The third-order valence-corrected chi connectivity index (χ3v) is 3.52. The lowest BCUT2D eigenvalue weighted by Crippen LogP contribution is -2.46. The number of halogens is 1. The zero-order valence-corrected chi connectivity index (χ0v) is 12.3. The second kappa shape index (κ2) is 6.27. The Balaban J connectivity index is 2.48. The first kappa shape index (κ1) is 14.2. The van der Waals surface area contributed by atoms with E-state index in [4.69, 9.17) is 16.3 Å². The molecule has 0 bridgehead atoms. The summed E-state index contributed by atoms with van der Waals surface area (Å²) in [6.45, 7) is 4.32. The van der Waals surface area contributed by atoms with E-state index in [1.54, 1.807) is 7.11 Å². The fraction of sp³-hybridized carbons (Fsp3) is 0.250. The number of rotatable bonds is 4. The Morgan fingerprint density at radius 3 is 2.42 bits per heavy atom. The van der Waals surface area contributed by atoms with E-state index in [-0.39, 0.29) is 6.92 Å². The Hall–Kier alpha value is -1.25. The van der Waals surface area contributed by atoms with Gasteiger partial charge in [-0.25, -0.2) is 0 Å². The molecule has 0 aliphatic carbocycles.